The van der Waals surface area contributed by atoms with Crippen LogP contribution >= 0.6 is 11.6 Å². The van der Waals surface area contributed by atoms with Gasteiger partial charge in [0.1, 0.15) is 17.3 Å². The number of halogens is 2. The standard InChI is InChI=1S/C25H28ClFN4O2/c1-16-13-28-24(33-16)11-19-2-3-21(12-23(19)27)32-9-6-18-10-22(18)17-4-7-31(8-5-17)25-29-14-20(26)15-30-25/h2-3,12-15,17-18,22H,4-11H2,1H3/t18?,22-/m1/s1. The molecule has 1 unspecified atom stereocenters. The van der Waals surface area contributed by atoms with Gasteiger partial charge in [-0.05, 0) is 62.0 Å². The van der Waals surface area contributed by atoms with Gasteiger partial charge in [-0.2, -0.15) is 0 Å². The Hall–Kier alpha value is -2.67. The van der Waals surface area contributed by atoms with Crippen LogP contribution in [0.15, 0.2) is 41.2 Å². The lowest BCUT2D eigenvalue weighted by Gasteiger charge is -2.32. The van der Waals surface area contributed by atoms with Gasteiger partial charge in [0.2, 0.25) is 5.95 Å². The molecule has 0 radical (unpaired) electrons. The van der Waals surface area contributed by atoms with Crippen LogP contribution in [0.1, 0.15) is 42.9 Å². The summed E-state index contributed by atoms with van der Waals surface area (Å²) in [7, 11) is 0. The Morgan fingerprint density at radius 2 is 1.94 bits per heavy atom. The summed E-state index contributed by atoms with van der Waals surface area (Å²) in [5, 5.41) is 0.566. The maximum absolute atomic E-state index is 14.5. The van der Waals surface area contributed by atoms with Crippen LogP contribution in [0.4, 0.5) is 10.3 Å². The number of hydrogen-bond donors (Lipinski definition) is 0. The van der Waals surface area contributed by atoms with Gasteiger partial charge in [-0.1, -0.05) is 17.7 Å². The number of ether oxygens (including phenoxy) is 1. The SMILES string of the molecule is Cc1cnc(Cc2ccc(OCCC3C[C@@H]3C3CCN(c4ncc(Cl)cn4)CC3)cc2F)o1. The van der Waals surface area contributed by atoms with Crippen LogP contribution in [0.25, 0.3) is 0 Å². The molecule has 0 N–H and O–H groups in total. The number of benzene rings is 1. The van der Waals surface area contributed by atoms with Crippen molar-refractivity contribution < 1.29 is 13.5 Å². The van der Waals surface area contributed by atoms with Crippen molar-refractivity contribution in [2.45, 2.75) is 39.0 Å². The lowest BCUT2D eigenvalue weighted by Crippen LogP contribution is -2.35. The fourth-order valence-electron chi connectivity index (χ4n) is 4.91. The summed E-state index contributed by atoms with van der Waals surface area (Å²) in [6.45, 7) is 4.43. The Balaban J connectivity index is 1.04. The molecule has 8 heteroatoms. The molecular formula is C25H28ClFN4O2. The van der Waals surface area contributed by atoms with E-state index in [-0.39, 0.29) is 5.82 Å². The molecule has 0 spiro atoms. The first-order chi connectivity index (χ1) is 16.0. The molecular weight excluding hydrogens is 443 g/mol. The van der Waals surface area contributed by atoms with Gasteiger partial charge in [-0.15, -0.1) is 0 Å². The van der Waals surface area contributed by atoms with Gasteiger partial charge in [0.25, 0.3) is 0 Å². The summed E-state index contributed by atoms with van der Waals surface area (Å²) in [5.41, 5.74) is 0.557. The minimum Gasteiger partial charge on any atom is -0.493 e. The van der Waals surface area contributed by atoms with Crippen molar-refractivity contribution in [2.75, 3.05) is 24.6 Å². The van der Waals surface area contributed by atoms with E-state index in [1.54, 1.807) is 24.7 Å². The largest absolute Gasteiger partial charge is 0.493 e. The van der Waals surface area contributed by atoms with Crippen molar-refractivity contribution in [1.29, 1.82) is 0 Å². The van der Waals surface area contributed by atoms with Gasteiger partial charge in [-0.25, -0.2) is 19.3 Å². The second-order valence-corrected chi connectivity index (χ2v) is 9.55. The molecule has 1 aliphatic heterocycles. The molecule has 3 aromatic rings. The molecule has 2 atom stereocenters. The van der Waals surface area contributed by atoms with Gasteiger partial charge in [0.05, 0.1) is 36.6 Å². The number of nitrogens with zero attached hydrogens (tertiary/aromatic N) is 4. The molecule has 174 valence electrons. The number of oxazole rings is 1. The molecule has 0 amide bonds. The van der Waals surface area contributed by atoms with Gasteiger partial charge in [-0.3, -0.25) is 0 Å². The first-order valence-electron chi connectivity index (χ1n) is 11.6. The molecule has 6 nitrogen and oxygen atoms in total. The third-order valence-electron chi connectivity index (χ3n) is 6.80. The third-order valence-corrected chi connectivity index (χ3v) is 7.00. The van der Waals surface area contributed by atoms with E-state index in [9.17, 15) is 4.39 Å². The number of anilines is 1. The van der Waals surface area contributed by atoms with Crippen molar-refractivity contribution in [3.63, 3.8) is 0 Å². The van der Waals surface area contributed by atoms with Gasteiger partial charge >= 0.3 is 0 Å². The van der Waals surface area contributed by atoms with Gasteiger partial charge < -0.3 is 14.1 Å². The van der Waals surface area contributed by atoms with Crippen LogP contribution in [0.5, 0.6) is 5.75 Å². The minimum atomic E-state index is -0.288. The monoisotopic (exact) mass is 470 g/mol. The van der Waals surface area contributed by atoms with Crippen LogP contribution < -0.4 is 9.64 Å². The number of hydrogen-bond acceptors (Lipinski definition) is 6. The zero-order valence-electron chi connectivity index (χ0n) is 18.7. The lowest BCUT2D eigenvalue weighted by molar-refractivity contribution is 0.283. The average Bonchev–Trinajstić information content (AvgIpc) is 3.48. The predicted octanol–water partition coefficient (Wildman–Crippen LogP) is 5.48. The molecule has 33 heavy (non-hydrogen) atoms. The predicted molar refractivity (Wildman–Crippen MR) is 124 cm³/mol. The van der Waals surface area contributed by atoms with Crippen LogP contribution in [-0.4, -0.2) is 34.6 Å². The molecule has 2 fully saturated rings. The van der Waals surface area contributed by atoms with Crippen molar-refractivity contribution in [1.82, 2.24) is 15.0 Å². The van der Waals surface area contributed by atoms with Crippen molar-refractivity contribution in [3.8, 4) is 5.75 Å². The van der Waals surface area contributed by atoms with Crippen LogP contribution in [0.3, 0.4) is 0 Å². The Labute approximate surface area is 198 Å². The summed E-state index contributed by atoms with van der Waals surface area (Å²) < 4.78 is 25.7. The summed E-state index contributed by atoms with van der Waals surface area (Å²) in [5.74, 6) is 4.56. The van der Waals surface area contributed by atoms with Gasteiger partial charge in [0, 0.05) is 19.2 Å². The van der Waals surface area contributed by atoms with E-state index in [2.05, 4.69) is 19.9 Å². The molecule has 0 bridgehead atoms. The Kier molecular flexibility index (Phi) is 6.49. The Morgan fingerprint density at radius 3 is 2.64 bits per heavy atom. The zero-order valence-corrected chi connectivity index (χ0v) is 19.5. The fourth-order valence-corrected chi connectivity index (χ4v) is 5.01. The summed E-state index contributed by atoms with van der Waals surface area (Å²) in [4.78, 5) is 15.1. The molecule has 2 aliphatic rings. The van der Waals surface area contributed by atoms with Gasteiger partial charge in [0.15, 0.2) is 5.89 Å². The van der Waals surface area contributed by atoms with Crippen molar-refractivity contribution >= 4 is 17.5 Å². The van der Waals surface area contributed by atoms with E-state index >= 15 is 0 Å². The Bertz CT molecular complexity index is 1080. The number of aromatic nitrogens is 3. The summed E-state index contributed by atoms with van der Waals surface area (Å²) in [6, 6.07) is 5.04. The van der Waals surface area contributed by atoms with Crippen LogP contribution in [0.2, 0.25) is 5.02 Å². The third kappa shape index (κ3) is 5.46. The quantitative estimate of drug-likeness (QED) is 0.434. The summed E-state index contributed by atoms with van der Waals surface area (Å²) >= 11 is 5.89. The minimum absolute atomic E-state index is 0.288. The molecule has 3 heterocycles. The highest BCUT2D eigenvalue weighted by Crippen LogP contribution is 2.49. The fraction of sp³-hybridized carbons (Fsp3) is 0.480. The van der Waals surface area contributed by atoms with E-state index in [0.29, 0.717) is 41.2 Å². The number of piperidine rings is 1. The molecule has 2 aromatic heterocycles. The van der Waals surface area contributed by atoms with E-state index in [1.807, 2.05) is 13.0 Å². The van der Waals surface area contributed by atoms with E-state index in [4.69, 9.17) is 20.8 Å². The molecule has 1 saturated carbocycles. The molecule has 5 rings (SSSR count). The first-order valence-corrected chi connectivity index (χ1v) is 12.0. The maximum Gasteiger partial charge on any atom is 0.225 e. The van der Waals surface area contributed by atoms with E-state index < -0.39 is 0 Å². The van der Waals surface area contributed by atoms with Crippen molar-refractivity contribution in [2.24, 2.45) is 17.8 Å². The highest BCUT2D eigenvalue weighted by Gasteiger charge is 2.43. The highest BCUT2D eigenvalue weighted by molar-refractivity contribution is 6.30. The number of aryl methyl sites for hydroxylation is 1. The average molecular weight is 471 g/mol. The maximum atomic E-state index is 14.5. The zero-order chi connectivity index (χ0) is 22.8. The molecule has 1 saturated heterocycles. The second kappa shape index (κ2) is 9.67. The second-order valence-electron chi connectivity index (χ2n) is 9.12. The molecule has 1 aliphatic carbocycles. The van der Waals surface area contributed by atoms with Crippen LogP contribution in [0, 0.1) is 30.5 Å². The van der Waals surface area contributed by atoms with Crippen molar-refractivity contribution in [3.05, 3.63) is 64.8 Å². The number of rotatable bonds is 8. The first kappa shape index (κ1) is 22.1. The smallest absolute Gasteiger partial charge is 0.225 e. The Morgan fingerprint density at radius 1 is 1.15 bits per heavy atom. The topological polar surface area (TPSA) is 64.3 Å². The van der Waals surface area contributed by atoms with E-state index in [0.717, 1.165) is 43.1 Å². The van der Waals surface area contributed by atoms with E-state index in [1.165, 1.54) is 25.3 Å². The lowest BCUT2D eigenvalue weighted by atomic mass is 9.90. The van der Waals surface area contributed by atoms with Crippen LogP contribution in [-0.2, 0) is 6.42 Å². The highest BCUT2D eigenvalue weighted by atomic mass is 35.5. The normalized spacial score (nSPS) is 20.8. The molecule has 1 aromatic carbocycles. The summed E-state index contributed by atoms with van der Waals surface area (Å²) in [6.07, 6.45) is 9.93.